The summed E-state index contributed by atoms with van der Waals surface area (Å²) in [6, 6.07) is 0. The molecule has 1 fully saturated rings. The van der Waals surface area contributed by atoms with Crippen LogP contribution in [0.2, 0.25) is 0 Å². The number of carbonyl (C=O) groups is 2. The van der Waals surface area contributed by atoms with Crippen molar-refractivity contribution in [2.75, 3.05) is 6.54 Å². The number of hydrogen-bond donors (Lipinski definition) is 1. The number of amides is 2. The van der Waals surface area contributed by atoms with E-state index in [-0.39, 0.29) is 5.91 Å². The molecule has 0 spiro atoms. The standard InChI is InChI=1S/C6H9NO.C4H7NO/c1-2-7-5-3-4-6(7)8;1-3(2)4(5)6/h2H,1,3-5H2;1H2,2H3,(H2,5,6). The van der Waals surface area contributed by atoms with E-state index in [9.17, 15) is 9.59 Å². The molecule has 14 heavy (non-hydrogen) atoms. The predicted octanol–water partition coefficient (Wildman–Crippen LogP) is 0.800. The fourth-order valence-corrected chi connectivity index (χ4v) is 0.862. The van der Waals surface area contributed by atoms with Gasteiger partial charge in [0, 0.05) is 18.5 Å². The molecular weight excluding hydrogens is 180 g/mol. The zero-order valence-corrected chi connectivity index (χ0v) is 8.45. The highest BCUT2D eigenvalue weighted by Gasteiger charge is 2.15. The maximum atomic E-state index is 10.7. The van der Waals surface area contributed by atoms with E-state index in [0.717, 1.165) is 13.0 Å². The summed E-state index contributed by atoms with van der Waals surface area (Å²) >= 11 is 0. The van der Waals surface area contributed by atoms with Crippen LogP contribution in [0.3, 0.4) is 0 Å². The van der Waals surface area contributed by atoms with Gasteiger partial charge in [0.05, 0.1) is 0 Å². The van der Waals surface area contributed by atoms with E-state index in [1.54, 1.807) is 18.0 Å². The molecule has 0 atom stereocenters. The Bertz CT molecular complexity index is 247. The molecule has 2 N–H and O–H groups in total. The minimum atomic E-state index is -0.435. The van der Waals surface area contributed by atoms with E-state index >= 15 is 0 Å². The second-order valence-corrected chi connectivity index (χ2v) is 3.02. The van der Waals surface area contributed by atoms with Gasteiger partial charge in [-0.2, -0.15) is 0 Å². The summed E-state index contributed by atoms with van der Waals surface area (Å²) in [5, 5.41) is 0. The Morgan fingerprint density at radius 2 is 2.14 bits per heavy atom. The van der Waals surface area contributed by atoms with Crippen molar-refractivity contribution in [1.29, 1.82) is 0 Å². The van der Waals surface area contributed by atoms with E-state index in [0.29, 0.717) is 12.0 Å². The van der Waals surface area contributed by atoms with Crippen molar-refractivity contribution in [1.82, 2.24) is 4.90 Å². The van der Waals surface area contributed by atoms with Crippen LogP contribution in [0, 0.1) is 0 Å². The highest BCUT2D eigenvalue weighted by atomic mass is 16.2. The number of likely N-dealkylation sites (tertiary alicyclic amines) is 1. The molecule has 0 radical (unpaired) electrons. The monoisotopic (exact) mass is 196 g/mol. The van der Waals surface area contributed by atoms with Gasteiger partial charge in [0.25, 0.3) is 0 Å². The fourth-order valence-electron chi connectivity index (χ4n) is 0.862. The molecule has 0 aromatic heterocycles. The lowest BCUT2D eigenvalue weighted by atomic mass is 10.3. The van der Waals surface area contributed by atoms with Gasteiger partial charge in [0.15, 0.2) is 0 Å². The van der Waals surface area contributed by atoms with Crippen molar-refractivity contribution in [3.63, 3.8) is 0 Å². The van der Waals surface area contributed by atoms with Crippen LogP contribution >= 0.6 is 0 Å². The molecule has 0 unspecified atom stereocenters. The van der Waals surface area contributed by atoms with Crippen LogP contribution in [-0.4, -0.2) is 23.3 Å². The summed E-state index contributed by atoms with van der Waals surface area (Å²) in [6.45, 7) is 9.21. The molecule has 1 aliphatic rings. The van der Waals surface area contributed by atoms with Crippen LogP contribution in [-0.2, 0) is 9.59 Å². The van der Waals surface area contributed by atoms with E-state index in [1.165, 1.54) is 0 Å². The van der Waals surface area contributed by atoms with Gasteiger partial charge in [-0.1, -0.05) is 13.2 Å². The number of carbonyl (C=O) groups excluding carboxylic acids is 2. The van der Waals surface area contributed by atoms with Crippen molar-refractivity contribution < 1.29 is 9.59 Å². The molecular formula is C10H16N2O2. The lowest BCUT2D eigenvalue weighted by Gasteiger charge is -2.05. The van der Waals surface area contributed by atoms with Crippen molar-refractivity contribution in [2.24, 2.45) is 5.73 Å². The summed E-state index contributed by atoms with van der Waals surface area (Å²) < 4.78 is 0. The number of nitrogens with zero attached hydrogens (tertiary/aromatic N) is 1. The Balaban J connectivity index is 0.000000255. The van der Waals surface area contributed by atoms with Crippen LogP contribution in [0.1, 0.15) is 19.8 Å². The summed E-state index contributed by atoms with van der Waals surface area (Å²) in [5.74, 6) is -0.227. The Morgan fingerprint density at radius 1 is 1.64 bits per heavy atom. The molecule has 1 saturated heterocycles. The molecule has 0 saturated carbocycles. The minimum absolute atomic E-state index is 0.208. The van der Waals surface area contributed by atoms with Crippen LogP contribution < -0.4 is 5.73 Å². The highest BCUT2D eigenvalue weighted by Crippen LogP contribution is 2.08. The second kappa shape index (κ2) is 5.96. The summed E-state index contributed by atoms with van der Waals surface area (Å²) in [6.07, 6.45) is 3.28. The topological polar surface area (TPSA) is 63.4 Å². The van der Waals surface area contributed by atoms with Gasteiger partial charge in [0.1, 0.15) is 0 Å². The Kier molecular flexibility index (Phi) is 5.29. The number of nitrogens with two attached hydrogens (primary N) is 1. The van der Waals surface area contributed by atoms with Gasteiger partial charge in [-0.05, 0) is 19.5 Å². The molecule has 2 amide bonds. The lowest BCUT2D eigenvalue weighted by molar-refractivity contribution is -0.125. The smallest absolute Gasteiger partial charge is 0.243 e. The van der Waals surface area contributed by atoms with E-state index in [2.05, 4.69) is 13.2 Å². The molecule has 1 heterocycles. The van der Waals surface area contributed by atoms with Crippen LogP contribution in [0.25, 0.3) is 0 Å². The van der Waals surface area contributed by atoms with E-state index in [4.69, 9.17) is 5.73 Å². The first-order valence-electron chi connectivity index (χ1n) is 4.36. The SMILES string of the molecule is C=C(C)C(N)=O.C=CN1CCCC1=O. The third kappa shape index (κ3) is 4.45. The third-order valence-corrected chi connectivity index (χ3v) is 1.75. The Labute approximate surface area is 84.1 Å². The molecule has 1 rings (SSSR count). The van der Waals surface area contributed by atoms with Gasteiger partial charge in [0.2, 0.25) is 11.8 Å². The van der Waals surface area contributed by atoms with E-state index in [1.807, 2.05) is 0 Å². The molecule has 4 heteroatoms. The van der Waals surface area contributed by atoms with Gasteiger partial charge < -0.3 is 10.6 Å². The van der Waals surface area contributed by atoms with Crippen LogP contribution in [0.15, 0.2) is 24.9 Å². The Hall–Kier alpha value is -1.58. The zero-order valence-electron chi connectivity index (χ0n) is 8.45. The molecule has 0 aromatic rings. The molecule has 0 aliphatic carbocycles. The minimum Gasteiger partial charge on any atom is -0.366 e. The van der Waals surface area contributed by atoms with Crippen LogP contribution in [0.4, 0.5) is 0 Å². The quantitative estimate of drug-likeness (QED) is 0.664. The first-order chi connectivity index (χ1) is 6.49. The van der Waals surface area contributed by atoms with Gasteiger partial charge >= 0.3 is 0 Å². The molecule has 78 valence electrons. The average Bonchev–Trinajstić information content (AvgIpc) is 2.51. The molecule has 0 bridgehead atoms. The van der Waals surface area contributed by atoms with Crippen molar-refractivity contribution in [3.05, 3.63) is 24.9 Å². The maximum absolute atomic E-state index is 10.7. The average molecular weight is 196 g/mol. The maximum Gasteiger partial charge on any atom is 0.243 e. The lowest BCUT2D eigenvalue weighted by Crippen LogP contribution is -2.16. The first kappa shape index (κ1) is 12.4. The van der Waals surface area contributed by atoms with Gasteiger partial charge in [-0.3, -0.25) is 9.59 Å². The van der Waals surface area contributed by atoms with Crippen molar-refractivity contribution in [2.45, 2.75) is 19.8 Å². The second-order valence-electron chi connectivity index (χ2n) is 3.02. The van der Waals surface area contributed by atoms with Gasteiger partial charge in [-0.25, -0.2) is 0 Å². The molecule has 1 aliphatic heterocycles. The third-order valence-electron chi connectivity index (χ3n) is 1.75. The van der Waals surface area contributed by atoms with Crippen LogP contribution in [0.5, 0.6) is 0 Å². The first-order valence-corrected chi connectivity index (χ1v) is 4.36. The van der Waals surface area contributed by atoms with Crippen molar-refractivity contribution >= 4 is 11.8 Å². The number of primary amides is 1. The molecule has 0 aromatic carbocycles. The summed E-state index contributed by atoms with van der Waals surface area (Å²) in [4.78, 5) is 22.1. The zero-order chi connectivity index (χ0) is 11.1. The Morgan fingerprint density at radius 3 is 2.29 bits per heavy atom. The highest BCUT2D eigenvalue weighted by molar-refractivity contribution is 5.90. The summed E-state index contributed by atoms with van der Waals surface area (Å²) in [5.41, 5.74) is 5.09. The number of rotatable bonds is 2. The number of hydrogen-bond acceptors (Lipinski definition) is 2. The van der Waals surface area contributed by atoms with Gasteiger partial charge in [-0.15, -0.1) is 0 Å². The predicted molar refractivity (Wildman–Crippen MR) is 55.2 cm³/mol. The molecule has 4 nitrogen and oxygen atoms in total. The van der Waals surface area contributed by atoms with Crippen molar-refractivity contribution in [3.8, 4) is 0 Å². The normalized spacial score (nSPS) is 14.4. The largest absolute Gasteiger partial charge is 0.366 e. The fraction of sp³-hybridized carbons (Fsp3) is 0.400. The summed E-state index contributed by atoms with van der Waals surface area (Å²) in [7, 11) is 0. The van der Waals surface area contributed by atoms with E-state index < -0.39 is 5.91 Å².